The fourth-order valence-corrected chi connectivity index (χ4v) is 2.34. The standard InChI is InChI=1S/C15H17ClN4O/c1-2-13-17-14(19-18-13)15(21)20(12-7-8-12)9-10-3-5-11(16)6-4-10/h3-6,12H,2,7-9H2,1H3,(H,17,18,19). The maximum absolute atomic E-state index is 12.6. The molecule has 6 heteroatoms. The molecule has 1 aliphatic carbocycles. The topological polar surface area (TPSA) is 61.9 Å². The fraction of sp³-hybridized carbons (Fsp3) is 0.400. The number of halogens is 1. The number of H-pyrrole nitrogens is 1. The zero-order valence-corrected chi connectivity index (χ0v) is 12.6. The average molecular weight is 305 g/mol. The number of aromatic amines is 1. The number of nitrogens with zero attached hydrogens (tertiary/aromatic N) is 3. The van der Waals surface area contributed by atoms with Gasteiger partial charge in [0.2, 0.25) is 5.82 Å². The third-order valence-electron chi connectivity index (χ3n) is 3.57. The van der Waals surface area contributed by atoms with Crippen LogP contribution in [-0.4, -0.2) is 32.0 Å². The van der Waals surface area contributed by atoms with E-state index in [4.69, 9.17) is 11.6 Å². The van der Waals surface area contributed by atoms with E-state index in [1.54, 1.807) is 0 Å². The van der Waals surface area contributed by atoms with Crippen LogP contribution in [0.2, 0.25) is 5.02 Å². The third-order valence-corrected chi connectivity index (χ3v) is 3.82. The van der Waals surface area contributed by atoms with Crippen molar-refractivity contribution in [3.05, 3.63) is 46.5 Å². The quantitative estimate of drug-likeness (QED) is 0.924. The predicted octanol–water partition coefficient (Wildman–Crippen LogP) is 2.83. The molecule has 1 heterocycles. The zero-order valence-electron chi connectivity index (χ0n) is 11.8. The molecular formula is C15H17ClN4O. The van der Waals surface area contributed by atoms with E-state index in [1.807, 2.05) is 36.1 Å². The van der Waals surface area contributed by atoms with E-state index in [1.165, 1.54) is 0 Å². The Morgan fingerprint density at radius 1 is 1.38 bits per heavy atom. The molecule has 0 spiro atoms. The predicted molar refractivity (Wildman–Crippen MR) is 80.1 cm³/mol. The van der Waals surface area contributed by atoms with Crippen LogP contribution < -0.4 is 0 Å². The molecule has 0 unspecified atom stereocenters. The first-order valence-electron chi connectivity index (χ1n) is 7.14. The summed E-state index contributed by atoms with van der Waals surface area (Å²) in [6.07, 6.45) is 2.83. The van der Waals surface area contributed by atoms with Crippen molar-refractivity contribution in [3.8, 4) is 0 Å². The maximum atomic E-state index is 12.6. The Morgan fingerprint density at radius 3 is 2.67 bits per heavy atom. The van der Waals surface area contributed by atoms with E-state index in [0.29, 0.717) is 17.6 Å². The highest BCUT2D eigenvalue weighted by Crippen LogP contribution is 2.29. The number of benzene rings is 1. The molecule has 21 heavy (non-hydrogen) atoms. The van der Waals surface area contributed by atoms with Crippen LogP contribution in [0.5, 0.6) is 0 Å². The summed E-state index contributed by atoms with van der Waals surface area (Å²) in [5, 5.41) is 7.52. The molecule has 0 aliphatic heterocycles. The summed E-state index contributed by atoms with van der Waals surface area (Å²) in [7, 11) is 0. The van der Waals surface area contributed by atoms with Crippen LogP contribution in [0.1, 0.15) is 41.8 Å². The van der Waals surface area contributed by atoms with Crippen LogP contribution >= 0.6 is 11.6 Å². The second kappa shape index (κ2) is 5.85. The van der Waals surface area contributed by atoms with Crippen molar-refractivity contribution in [2.45, 2.75) is 38.8 Å². The second-order valence-electron chi connectivity index (χ2n) is 5.25. The van der Waals surface area contributed by atoms with Crippen molar-refractivity contribution in [1.29, 1.82) is 0 Å². The van der Waals surface area contributed by atoms with Crippen molar-refractivity contribution >= 4 is 17.5 Å². The van der Waals surface area contributed by atoms with E-state index in [2.05, 4.69) is 15.2 Å². The molecule has 1 aromatic carbocycles. The van der Waals surface area contributed by atoms with Gasteiger partial charge < -0.3 is 4.90 Å². The van der Waals surface area contributed by atoms with E-state index in [0.717, 1.165) is 30.7 Å². The Balaban J connectivity index is 1.77. The number of aryl methyl sites for hydroxylation is 1. The summed E-state index contributed by atoms with van der Waals surface area (Å²) >= 11 is 5.90. The first-order valence-corrected chi connectivity index (χ1v) is 7.52. The highest BCUT2D eigenvalue weighted by molar-refractivity contribution is 6.30. The van der Waals surface area contributed by atoms with Crippen LogP contribution in [0.4, 0.5) is 0 Å². The van der Waals surface area contributed by atoms with Crippen LogP contribution in [0.25, 0.3) is 0 Å². The Hall–Kier alpha value is -1.88. The summed E-state index contributed by atoms with van der Waals surface area (Å²) in [4.78, 5) is 18.7. The lowest BCUT2D eigenvalue weighted by Crippen LogP contribution is -2.33. The van der Waals surface area contributed by atoms with Crippen molar-refractivity contribution in [2.75, 3.05) is 0 Å². The second-order valence-corrected chi connectivity index (χ2v) is 5.69. The van der Waals surface area contributed by atoms with E-state index in [9.17, 15) is 4.79 Å². The van der Waals surface area contributed by atoms with Gasteiger partial charge in [0.1, 0.15) is 5.82 Å². The number of nitrogens with one attached hydrogen (secondary N) is 1. The smallest absolute Gasteiger partial charge is 0.294 e. The largest absolute Gasteiger partial charge is 0.329 e. The Morgan fingerprint density at radius 2 is 2.10 bits per heavy atom. The van der Waals surface area contributed by atoms with Crippen molar-refractivity contribution in [1.82, 2.24) is 20.1 Å². The number of carbonyl (C=O) groups excluding carboxylic acids is 1. The molecule has 5 nitrogen and oxygen atoms in total. The van der Waals surface area contributed by atoms with Crippen LogP contribution in [0.3, 0.4) is 0 Å². The van der Waals surface area contributed by atoms with Crippen LogP contribution in [-0.2, 0) is 13.0 Å². The van der Waals surface area contributed by atoms with Gasteiger partial charge in [0.25, 0.3) is 5.91 Å². The number of hydrogen-bond acceptors (Lipinski definition) is 3. The van der Waals surface area contributed by atoms with Gasteiger partial charge in [-0.15, -0.1) is 5.10 Å². The van der Waals surface area contributed by atoms with Gasteiger partial charge in [0.15, 0.2) is 0 Å². The summed E-state index contributed by atoms with van der Waals surface area (Å²) < 4.78 is 0. The van der Waals surface area contributed by atoms with Crippen LogP contribution in [0.15, 0.2) is 24.3 Å². The molecule has 1 fully saturated rings. The Labute approximate surface area is 128 Å². The van der Waals surface area contributed by atoms with E-state index < -0.39 is 0 Å². The maximum Gasteiger partial charge on any atom is 0.294 e. The SMILES string of the molecule is CCc1nc(C(=O)N(Cc2ccc(Cl)cc2)C2CC2)n[nH]1. The molecule has 1 aliphatic rings. The molecule has 1 N–H and O–H groups in total. The lowest BCUT2D eigenvalue weighted by Gasteiger charge is -2.21. The first-order chi connectivity index (χ1) is 10.2. The van der Waals surface area contributed by atoms with Gasteiger partial charge in [0.05, 0.1) is 0 Å². The number of aromatic nitrogens is 3. The monoisotopic (exact) mass is 304 g/mol. The van der Waals surface area contributed by atoms with Gasteiger partial charge in [-0.3, -0.25) is 9.89 Å². The molecular weight excluding hydrogens is 288 g/mol. The number of rotatable bonds is 5. The Bertz CT molecular complexity index is 633. The molecule has 110 valence electrons. The van der Waals surface area contributed by atoms with Crippen molar-refractivity contribution in [3.63, 3.8) is 0 Å². The van der Waals surface area contributed by atoms with Gasteiger partial charge in [-0.1, -0.05) is 30.7 Å². The third kappa shape index (κ3) is 3.24. The van der Waals surface area contributed by atoms with E-state index >= 15 is 0 Å². The van der Waals surface area contributed by atoms with Gasteiger partial charge >= 0.3 is 0 Å². The molecule has 0 radical (unpaired) electrons. The molecule has 0 bridgehead atoms. The van der Waals surface area contributed by atoms with Gasteiger partial charge in [-0.2, -0.15) is 0 Å². The van der Waals surface area contributed by atoms with Crippen LogP contribution in [0, 0.1) is 0 Å². The number of hydrogen-bond donors (Lipinski definition) is 1. The zero-order chi connectivity index (χ0) is 14.8. The lowest BCUT2D eigenvalue weighted by atomic mass is 10.2. The van der Waals surface area contributed by atoms with Gasteiger partial charge in [0, 0.05) is 24.0 Å². The average Bonchev–Trinajstić information content (AvgIpc) is 3.22. The van der Waals surface area contributed by atoms with Crippen molar-refractivity contribution in [2.24, 2.45) is 0 Å². The first kappa shape index (κ1) is 14.1. The highest BCUT2D eigenvalue weighted by atomic mass is 35.5. The molecule has 0 saturated heterocycles. The van der Waals surface area contributed by atoms with E-state index in [-0.39, 0.29) is 11.7 Å². The Kier molecular flexibility index (Phi) is 3.92. The fourth-order valence-electron chi connectivity index (χ4n) is 2.22. The normalized spacial score (nSPS) is 14.2. The number of carbonyl (C=O) groups is 1. The molecule has 0 atom stereocenters. The summed E-state index contributed by atoms with van der Waals surface area (Å²) in [6.45, 7) is 2.54. The minimum atomic E-state index is -0.108. The molecule has 3 rings (SSSR count). The molecule has 1 amide bonds. The minimum Gasteiger partial charge on any atom is -0.329 e. The van der Waals surface area contributed by atoms with Gasteiger partial charge in [-0.25, -0.2) is 4.98 Å². The molecule has 1 aromatic heterocycles. The summed E-state index contributed by atoms with van der Waals surface area (Å²) in [5.74, 6) is 0.886. The molecule has 1 saturated carbocycles. The highest BCUT2D eigenvalue weighted by Gasteiger charge is 2.34. The lowest BCUT2D eigenvalue weighted by molar-refractivity contribution is 0.0718. The summed E-state index contributed by atoms with van der Waals surface area (Å²) in [5.41, 5.74) is 1.06. The summed E-state index contributed by atoms with van der Waals surface area (Å²) in [6, 6.07) is 7.88. The van der Waals surface area contributed by atoms with Crippen molar-refractivity contribution < 1.29 is 4.79 Å². The number of amides is 1. The molecule has 2 aromatic rings. The van der Waals surface area contributed by atoms with Gasteiger partial charge in [-0.05, 0) is 30.5 Å². The minimum absolute atomic E-state index is 0.108.